The lowest BCUT2D eigenvalue weighted by molar-refractivity contribution is 0.597. The van der Waals surface area contributed by atoms with Gasteiger partial charge in [0.15, 0.2) is 0 Å². The fourth-order valence-electron chi connectivity index (χ4n) is 1.96. The predicted molar refractivity (Wildman–Crippen MR) is 83.1 cm³/mol. The Hall–Kier alpha value is -0.840. The maximum atomic E-state index is 6.05. The molecule has 0 radical (unpaired) electrons. The summed E-state index contributed by atoms with van der Waals surface area (Å²) in [6.45, 7) is 7.11. The van der Waals surface area contributed by atoms with Crippen LogP contribution in [0.25, 0.3) is 5.69 Å². The van der Waals surface area contributed by atoms with Gasteiger partial charge in [-0.15, -0.1) is 0 Å². The van der Waals surface area contributed by atoms with Crippen LogP contribution in [0.15, 0.2) is 28.9 Å². The van der Waals surface area contributed by atoms with E-state index in [0.717, 1.165) is 22.4 Å². The maximum Gasteiger partial charge on any atom is 0.0819 e. The molecule has 1 aromatic heterocycles. The van der Waals surface area contributed by atoms with Crippen LogP contribution in [-0.2, 0) is 0 Å². The SMILES string of the molecule is CCNC(C)c1ccc(-n2cc(Cl)c(C)n2)c(Br)c1. The third-order valence-corrected chi connectivity index (χ3v) is 4.07. The summed E-state index contributed by atoms with van der Waals surface area (Å²) in [7, 11) is 0. The third-order valence-electron chi connectivity index (χ3n) is 3.07. The van der Waals surface area contributed by atoms with Crippen molar-refractivity contribution in [3.63, 3.8) is 0 Å². The molecule has 0 aliphatic carbocycles. The molecule has 19 heavy (non-hydrogen) atoms. The van der Waals surface area contributed by atoms with E-state index >= 15 is 0 Å². The van der Waals surface area contributed by atoms with Gasteiger partial charge in [-0.1, -0.05) is 24.6 Å². The van der Waals surface area contributed by atoms with Gasteiger partial charge in [0, 0.05) is 16.7 Å². The van der Waals surface area contributed by atoms with Gasteiger partial charge in [-0.2, -0.15) is 5.10 Å². The Morgan fingerprint density at radius 1 is 1.47 bits per heavy atom. The highest BCUT2D eigenvalue weighted by atomic mass is 79.9. The molecule has 3 nitrogen and oxygen atoms in total. The molecule has 1 heterocycles. The van der Waals surface area contributed by atoms with E-state index in [0.29, 0.717) is 11.1 Å². The van der Waals surface area contributed by atoms with Crippen molar-refractivity contribution in [3.8, 4) is 5.69 Å². The maximum absolute atomic E-state index is 6.05. The van der Waals surface area contributed by atoms with Crippen molar-refractivity contribution in [3.05, 3.63) is 45.1 Å². The minimum absolute atomic E-state index is 0.332. The van der Waals surface area contributed by atoms with Crippen molar-refractivity contribution in [2.45, 2.75) is 26.8 Å². The van der Waals surface area contributed by atoms with Crippen molar-refractivity contribution >= 4 is 27.5 Å². The standard InChI is InChI=1S/C14H17BrClN3/c1-4-17-9(2)11-5-6-14(12(15)7-11)19-8-13(16)10(3)18-19/h5-9,17H,4H2,1-3H3. The van der Waals surface area contributed by atoms with Gasteiger partial charge in [-0.25, -0.2) is 4.68 Å². The van der Waals surface area contributed by atoms with Crippen molar-refractivity contribution in [2.24, 2.45) is 0 Å². The van der Waals surface area contributed by atoms with Crippen LogP contribution in [0.2, 0.25) is 5.02 Å². The average molecular weight is 343 g/mol. The van der Waals surface area contributed by atoms with Crippen molar-refractivity contribution in [1.29, 1.82) is 0 Å². The van der Waals surface area contributed by atoms with E-state index in [4.69, 9.17) is 11.6 Å². The first kappa shape index (κ1) is 14.6. The second kappa shape index (κ2) is 6.07. The zero-order valence-corrected chi connectivity index (χ0v) is 13.6. The van der Waals surface area contributed by atoms with E-state index in [1.54, 1.807) is 4.68 Å². The Bertz CT molecular complexity index is 561. The molecule has 0 fully saturated rings. The Morgan fingerprint density at radius 2 is 2.21 bits per heavy atom. The van der Waals surface area contributed by atoms with Gasteiger partial charge in [0.25, 0.3) is 0 Å². The average Bonchev–Trinajstić information content (AvgIpc) is 2.69. The first-order valence-corrected chi connectivity index (χ1v) is 7.45. The largest absolute Gasteiger partial charge is 0.310 e. The third kappa shape index (κ3) is 3.19. The van der Waals surface area contributed by atoms with Gasteiger partial charge >= 0.3 is 0 Å². The number of hydrogen-bond donors (Lipinski definition) is 1. The molecular weight excluding hydrogens is 326 g/mol. The molecule has 0 aliphatic rings. The van der Waals surface area contributed by atoms with Crippen molar-refractivity contribution in [2.75, 3.05) is 6.54 Å². The smallest absolute Gasteiger partial charge is 0.0819 e. The van der Waals surface area contributed by atoms with Crippen LogP contribution in [0, 0.1) is 6.92 Å². The minimum Gasteiger partial charge on any atom is -0.310 e. The molecule has 0 amide bonds. The summed E-state index contributed by atoms with van der Waals surface area (Å²) in [5.41, 5.74) is 3.06. The molecule has 0 spiro atoms. The molecule has 102 valence electrons. The number of aryl methyl sites for hydroxylation is 1. The van der Waals surface area contributed by atoms with Gasteiger partial charge in [-0.3, -0.25) is 0 Å². The number of aromatic nitrogens is 2. The van der Waals surface area contributed by atoms with Crippen LogP contribution in [0.3, 0.4) is 0 Å². The van der Waals surface area contributed by atoms with E-state index in [-0.39, 0.29) is 0 Å². The first-order chi connectivity index (χ1) is 9.02. The van der Waals surface area contributed by atoms with Crippen LogP contribution in [-0.4, -0.2) is 16.3 Å². The fourth-order valence-corrected chi connectivity index (χ4v) is 2.67. The summed E-state index contributed by atoms with van der Waals surface area (Å²) in [5.74, 6) is 0. The van der Waals surface area contributed by atoms with E-state index in [2.05, 4.69) is 58.4 Å². The summed E-state index contributed by atoms with van der Waals surface area (Å²) >= 11 is 9.65. The Balaban J connectivity index is 2.34. The summed E-state index contributed by atoms with van der Waals surface area (Å²) in [5, 5.41) is 8.47. The Morgan fingerprint density at radius 3 is 2.74 bits per heavy atom. The van der Waals surface area contributed by atoms with Gasteiger partial charge in [0.2, 0.25) is 0 Å². The second-order valence-corrected chi connectivity index (χ2v) is 5.76. The molecule has 2 aromatic rings. The lowest BCUT2D eigenvalue weighted by atomic mass is 10.1. The van der Waals surface area contributed by atoms with Crippen LogP contribution in [0.5, 0.6) is 0 Å². The lowest BCUT2D eigenvalue weighted by Gasteiger charge is -2.14. The molecule has 0 saturated carbocycles. The summed E-state index contributed by atoms with van der Waals surface area (Å²) in [6.07, 6.45) is 1.82. The van der Waals surface area contributed by atoms with E-state index in [9.17, 15) is 0 Å². The number of hydrogen-bond acceptors (Lipinski definition) is 2. The number of benzene rings is 1. The molecule has 0 aliphatic heterocycles. The van der Waals surface area contributed by atoms with Crippen LogP contribution in [0.1, 0.15) is 31.1 Å². The number of nitrogens with one attached hydrogen (secondary N) is 1. The molecular formula is C14H17BrClN3. The summed E-state index contributed by atoms with van der Waals surface area (Å²) in [6, 6.07) is 6.61. The highest BCUT2D eigenvalue weighted by molar-refractivity contribution is 9.10. The zero-order valence-electron chi connectivity index (χ0n) is 11.2. The van der Waals surface area contributed by atoms with E-state index in [1.807, 2.05) is 13.1 Å². The van der Waals surface area contributed by atoms with Gasteiger partial charge < -0.3 is 5.32 Å². The number of nitrogens with zero attached hydrogens (tertiary/aromatic N) is 2. The number of rotatable bonds is 4. The molecule has 1 aromatic carbocycles. The quantitative estimate of drug-likeness (QED) is 0.899. The predicted octanol–water partition coefficient (Wildman–Crippen LogP) is 4.27. The van der Waals surface area contributed by atoms with Gasteiger partial charge in [0.05, 0.1) is 16.4 Å². The zero-order chi connectivity index (χ0) is 14.0. The molecule has 1 atom stereocenters. The topological polar surface area (TPSA) is 29.9 Å². The monoisotopic (exact) mass is 341 g/mol. The highest BCUT2D eigenvalue weighted by Crippen LogP contribution is 2.26. The Labute approximate surface area is 127 Å². The first-order valence-electron chi connectivity index (χ1n) is 6.28. The molecule has 5 heteroatoms. The molecule has 0 saturated heterocycles. The van der Waals surface area contributed by atoms with Crippen LogP contribution in [0.4, 0.5) is 0 Å². The van der Waals surface area contributed by atoms with Gasteiger partial charge in [0.1, 0.15) is 0 Å². The normalized spacial score (nSPS) is 12.7. The van der Waals surface area contributed by atoms with Gasteiger partial charge in [-0.05, 0) is 54.0 Å². The van der Waals surface area contributed by atoms with Crippen molar-refractivity contribution in [1.82, 2.24) is 15.1 Å². The number of halogens is 2. The molecule has 0 bridgehead atoms. The molecule has 1 unspecified atom stereocenters. The fraction of sp³-hybridized carbons (Fsp3) is 0.357. The van der Waals surface area contributed by atoms with Crippen LogP contribution >= 0.6 is 27.5 Å². The van der Waals surface area contributed by atoms with E-state index < -0.39 is 0 Å². The van der Waals surface area contributed by atoms with Crippen molar-refractivity contribution < 1.29 is 0 Å². The molecule has 1 N–H and O–H groups in total. The summed E-state index contributed by atoms with van der Waals surface area (Å²) in [4.78, 5) is 0. The van der Waals surface area contributed by atoms with E-state index in [1.165, 1.54) is 5.56 Å². The summed E-state index contributed by atoms with van der Waals surface area (Å²) < 4.78 is 2.80. The Kier molecular flexibility index (Phi) is 4.66. The highest BCUT2D eigenvalue weighted by Gasteiger charge is 2.10. The van der Waals surface area contributed by atoms with Crippen LogP contribution < -0.4 is 5.32 Å². The lowest BCUT2D eigenvalue weighted by Crippen LogP contribution is -2.17. The second-order valence-electron chi connectivity index (χ2n) is 4.50. The molecule has 2 rings (SSSR count). The minimum atomic E-state index is 0.332.